The van der Waals surface area contributed by atoms with Gasteiger partial charge in [-0.3, -0.25) is 0 Å². The van der Waals surface area contributed by atoms with Crippen molar-refractivity contribution in [2.75, 3.05) is 14.2 Å². The fourth-order valence-electron chi connectivity index (χ4n) is 0. The van der Waals surface area contributed by atoms with Gasteiger partial charge in [0.15, 0.2) is 0 Å². The van der Waals surface area contributed by atoms with Crippen molar-refractivity contribution in [3.05, 3.63) is 0 Å². The number of aliphatic hydroxyl groups is 2. The molecule has 0 fully saturated rings. The van der Waals surface area contributed by atoms with E-state index in [9.17, 15) is 0 Å². The molecule has 0 aliphatic heterocycles. The Hall–Kier alpha value is 0.723. The molecule has 0 spiro atoms. The van der Waals surface area contributed by atoms with E-state index >= 15 is 0 Å². The molecule has 0 aliphatic rings. The molecule has 0 aromatic heterocycles. The predicted octanol–water partition coefficient (Wildman–Crippen LogP) is -2.43. The Morgan fingerprint density at radius 1 is 0.714 bits per heavy atom. The zero-order valence-electron chi connectivity index (χ0n) is 4.39. The summed E-state index contributed by atoms with van der Waals surface area (Å²) in [7, 11) is 2.00. The average Bonchev–Trinajstić information content (AvgIpc) is 1.50. The summed E-state index contributed by atoms with van der Waals surface area (Å²) in [5.41, 5.74) is 0. The van der Waals surface area contributed by atoms with Gasteiger partial charge in [-0.1, -0.05) is 0 Å². The van der Waals surface area contributed by atoms with Gasteiger partial charge in [0.05, 0.1) is 0 Å². The molecule has 0 amide bonds. The molecule has 0 aromatic rings. The first kappa shape index (κ1) is 47.1. The molecular formula is C2H12O4Zr. The molecule has 0 radical (unpaired) electrons. The number of hydrogen-bond donors (Lipinski definition) is 2. The van der Waals surface area contributed by atoms with E-state index in [1.165, 1.54) is 0 Å². The van der Waals surface area contributed by atoms with E-state index in [1.54, 1.807) is 0 Å². The molecule has 5 heteroatoms. The molecule has 4 nitrogen and oxygen atoms in total. The Labute approximate surface area is 61.9 Å². The zero-order chi connectivity index (χ0) is 4.00. The minimum absolute atomic E-state index is 0. The monoisotopic (exact) mass is 190 g/mol. The van der Waals surface area contributed by atoms with Gasteiger partial charge >= 0.3 is 0 Å². The second-order valence-electron chi connectivity index (χ2n) is 0. The first-order valence-electron chi connectivity index (χ1n) is 0.894. The summed E-state index contributed by atoms with van der Waals surface area (Å²) in [6.07, 6.45) is 0. The summed E-state index contributed by atoms with van der Waals surface area (Å²) in [6.45, 7) is 0. The summed E-state index contributed by atoms with van der Waals surface area (Å²) >= 11 is 0. The maximum atomic E-state index is 7.00. The van der Waals surface area contributed by atoms with Gasteiger partial charge in [-0.05, 0) is 0 Å². The van der Waals surface area contributed by atoms with Crippen molar-refractivity contribution < 1.29 is 47.4 Å². The van der Waals surface area contributed by atoms with Crippen molar-refractivity contribution in [2.45, 2.75) is 0 Å². The van der Waals surface area contributed by atoms with E-state index in [1.807, 2.05) is 0 Å². The molecule has 48 valence electrons. The van der Waals surface area contributed by atoms with E-state index in [0.29, 0.717) is 0 Å². The zero-order valence-corrected chi connectivity index (χ0v) is 6.85. The molecule has 0 saturated heterocycles. The van der Waals surface area contributed by atoms with Gasteiger partial charge in [0.1, 0.15) is 0 Å². The van der Waals surface area contributed by atoms with Crippen LogP contribution in [0.4, 0.5) is 0 Å². The minimum atomic E-state index is 0. The average molecular weight is 191 g/mol. The first-order valence-corrected chi connectivity index (χ1v) is 0.894. The maximum Gasteiger partial charge on any atom is 0.0319 e. The molecule has 0 rings (SSSR count). The SMILES string of the molecule is CO.CO.O.O.[Zr]. The van der Waals surface area contributed by atoms with Gasteiger partial charge < -0.3 is 21.2 Å². The molecule has 0 aliphatic carbocycles. The third kappa shape index (κ3) is 287. The predicted molar refractivity (Wildman–Crippen MR) is 23.5 cm³/mol. The molecule has 6 N–H and O–H groups in total. The third-order valence-electron chi connectivity index (χ3n) is 0. The minimum Gasteiger partial charge on any atom is -0.412 e. The topological polar surface area (TPSA) is 103 Å². The summed E-state index contributed by atoms with van der Waals surface area (Å²) < 4.78 is 0. The van der Waals surface area contributed by atoms with Crippen LogP contribution in [0.2, 0.25) is 0 Å². The van der Waals surface area contributed by atoms with Crippen LogP contribution in [0.5, 0.6) is 0 Å². The van der Waals surface area contributed by atoms with Crippen LogP contribution in [0.1, 0.15) is 0 Å². The Balaban J connectivity index is -0.00000000267. The van der Waals surface area contributed by atoms with E-state index in [2.05, 4.69) is 0 Å². The number of hydrogen-bond acceptors (Lipinski definition) is 2. The Morgan fingerprint density at radius 2 is 0.714 bits per heavy atom. The van der Waals surface area contributed by atoms with Crippen LogP contribution in [0, 0.1) is 0 Å². The summed E-state index contributed by atoms with van der Waals surface area (Å²) in [5, 5.41) is 14.0. The third-order valence-corrected chi connectivity index (χ3v) is 0. The van der Waals surface area contributed by atoms with Gasteiger partial charge in [-0.15, -0.1) is 0 Å². The van der Waals surface area contributed by atoms with Crippen LogP contribution in [0.15, 0.2) is 0 Å². The molecule has 0 bridgehead atoms. The van der Waals surface area contributed by atoms with Crippen molar-refractivity contribution in [1.29, 1.82) is 0 Å². The standard InChI is InChI=1S/2CH4O.2H2O.Zr/c2*1-2;;;/h2*2H,1H3;2*1H2;. The normalized spacial score (nSPS) is 1.71. The molecule has 7 heavy (non-hydrogen) atoms. The molecule has 0 saturated carbocycles. The van der Waals surface area contributed by atoms with Crippen molar-refractivity contribution in [1.82, 2.24) is 0 Å². The Kier molecular flexibility index (Phi) is 2830. The molecule has 0 heterocycles. The Morgan fingerprint density at radius 3 is 0.714 bits per heavy atom. The van der Waals surface area contributed by atoms with E-state index < -0.39 is 0 Å². The summed E-state index contributed by atoms with van der Waals surface area (Å²) in [6, 6.07) is 0. The van der Waals surface area contributed by atoms with Gasteiger partial charge in [0.2, 0.25) is 0 Å². The van der Waals surface area contributed by atoms with E-state index in [0.717, 1.165) is 14.2 Å². The largest absolute Gasteiger partial charge is 0.412 e. The summed E-state index contributed by atoms with van der Waals surface area (Å²) in [4.78, 5) is 0. The second-order valence-corrected chi connectivity index (χ2v) is 0. The Bertz CT molecular complexity index is 9.65. The van der Waals surface area contributed by atoms with Crippen molar-refractivity contribution >= 4 is 0 Å². The van der Waals surface area contributed by atoms with Gasteiger partial charge in [0, 0.05) is 40.4 Å². The maximum absolute atomic E-state index is 7.00. The number of rotatable bonds is 0. The fraction of sp³-hybridized carbons (Fsp3) is 1.00. The van der Waals surface area contributed by atoms with Gasteiger partial charge in [-0.25, -0.2) is 0 Å². The van der Waals surface area contributed by atoms with Crippen LogP contribution in [-0.2, 0) is 26.2 Å². The molecule has 0 unspecified atom stereocenters. The van der Waals surface area contributed by atoms with Crippen molar-refractivity contribution in [3.8, 4) is 0 Å². The first-order chi connectivity index (χ1) is 2.00. The van der Waals surface area contributed by atoms with Gasteiger partial charge in [-0.2, -0.15) is 0 Å². The molecule has 0 atom stereocenters. The van der Waals surface area contributed by atoms with Crippen LogP contribution in [0.3, 0.4) is 0 Å². The van der Waals surface area contributed by atoms with Crippen LogP contribution in [0.25, 0.3) is 0 Å². The molecular weight excluding hydrogens is 179 g/mol. The van der Waals surface area contributed by atoms with E-state index in [4.69, 9.17) is 10.2 Å². The smallest absolute Gasteiger partial charge is 0.0319 e. The van der Waals surface area contributed by atoms with Crippen LogP contribution in [-0.4, -0.2) is 35.4 Å². The van der Waals surface area contributed by atoms with E-state index in [-0.39, 0.29) is 37.2 Å². The van der Waals surface area contributed by atoms with Crippen molar-refractivity contribution in [3.63, 3.8) is 0 Å². The van der Waals surface area contributed by atoms with Gasteiger partial charge in [0.25, 0.3) is 0 Å². The molecule has 0 aromatic carbocycles. The van der Waals surface area contributed by atoms with Crippen LogP contribution >= 0.6 is 0 Å². The summed E-state index contributed by atoms with van der Waals surface area (Å²) in [5.74, 6) is 0. The number of aliphatic hydroxyl groups excluding tert-OH is 2. The van der Waals surface area contributed by atoms with Crippen molar-refractivity contribution in [2.24, 2.45) is 0 Å². The second kappa shape index (κ2) is 421. The quantitative estimate of drug-likeness (QED) is 0.444. The fourth-order valence-corrected chi connectivity index (χ4v) is 0. The van der Waals surface area contributed by atoms with Crippen LogP contribution < -0.4 is 0 Å².